The summed E-state index contributed by atoms with van der Waals surface area (Å²) in [5.74, 6) is 0. The van der Waals surface area contributed by atoms with Gasteiger partial charge in [0.15, 0.2) is 0 Å². The van der Waals surface area contributed by atoms with Crippen LogP contribution in [0.5, 0.6) is 0 Å². The number of hydrogen-bond acceptors (Lipinski definition) is 3. The van der Waals surface area contributed by atoms with Crippen LogP contribution in [-0.4, -0.2) is 25.2 Å². The second kappa shape index (κ2) is 2.44. The van der Waals surface area contributed by atoms with Crippen LogP contribution in [0.15, 0.2) is 0 Å². The molecule has 0 amide bonds. The topological polar surface area (TPSA) is 64.1 Å². The molecule has 48 valence electrons. The summed E-state index contributed by atoms with van der Waals surface area (Å²) in [5.41, 5.74) is 11.0. The summed E-state index contributed by atoms with van der Waals surface area (Å²) < 4.78 is 0. The van der Waals surface area contributed by atoms with E-state index >= 15 is 0 Å². The lowest BCUT2D eigenvalue weighted by Crippen LogP contribution is -2.29. The molecule has 2 atom stereocenters. The highest BCUT2D eigenvalue weighted by atomic mass is 15.0. The maximum absolute atomic E-state index is 5.58. The first-order valence-electron chi connectivity index (χ1n) is 3.02. The van der Waals surface area contributed by atoms with Crippen molar-refractivity contribution in [1.82, 2.24) is 5.32 Å². The molecule has 0 bridgehead atoms. The van der Waals surface area contributed by atoms with Gasteiger partial charge in [0, 0.05) is 25.2 Å². The predicted octanol–water partition coefficient (Wildman–Crippen LogP) is -1.37. The molecule has 0 radical (unpaired) electrons. The Morgan fingerprint density at radius 2 is 2.38 bits per heavy atom. The first-order valence-corrected chi connectivity index (χ1v) is 3.02. The van der Waals surface area contributed by atoms with E-state index in [1.165, 1.54) is 0 Å². The second-order valence-corrected chi connectivity index (χ2v) is 2.34. The molecule has 0 spiro atoms. The molecule has 5 N–H and O–H groups in total. The van der Waals surface area contributed by atoms with Gasteiger partial charge < -0.3 is 16.8 Å². The number of rotatable bonds is 1. The number of hydrogen-bond donors (Lipinski definition) is 3. The minimum atomic E-state index is 0.337. The maximum Gasteiger partial charge on any atom is 0.0206 e. The molecule has 1 heterocycles. The van der Waals surface area contributed by atoms with Gasteiger partial charge in [-0.15, -0.1) is 0 Å². The van der Waals surface area contributed by atoms with Crippen molar-refractivity contribution < 1.29 is 0 Å². The Morgan fingerprint density at radius 3 is 2.62 bits per heavy atom. The van der Waals surface area contributed by atoms with Crippen LogP contribution in [0.4, 0.5) is 0 Å². The Bertz CT molecular complexity index is 74.1. The van der Waals surface area contributed by atoms with Crippen LogP contribution in [0.25, 0.3) is 0 Å². The normalized spacial score (nSPS) is 38.2. The van der Waals surface area contributed by atoms with Crippen LogP contribution < -0.4 is 16.8 Å². The van der Waals surface area contributed by atoms with Gasteiger partial charge in [-0.05, 0) is 6.42 Å². The van der Waals surface area contributed by atoms with Crippen molar-refractivity contribution in [3.8, 4) is 0 Å². The highest BCUT2D eigenvalue weighted by molar-refractivity contribution is 4.83. The van der Waals surface area contributed by atoms with Crippen LogP contribution in [-0.2, 0) is 0 Å². The van der Waals surface area contributed by atoms with E-state index in [4.69, 9.17) is 11.5 Å². The smallest absolute Gasteiger partial charge is 0.0206 e. The van der Waals surface area contributed by atoms with Crippen molar-refractivity contribution in [2.75, 3.05) is 13.1 Å². The fourth-order valence-corrected chi connectivity index (χ4v) is 1.03. The largest absolute Gasteiger partial charge is 0.329 e. The first-order chi connectivity index (χ1) is 3.83. The minimum Gasteiger partial charge on any atom is -0.329 e. The molecule has 1 aliphatic rings. The van der Waals surface area contributed by atoms with Gasteiger partial charge in [0.05, 0.1) is 0 Å². The molecule has 3 heteroatoms. The lowest BCUT2D eigenvalue weighted by Gasteiger charge is -2.02. The quantitative estimate of drug-likeness (QED) is 0.395. The van der Waals surface area contributed by atoms with Gasteiger partial charge in [0.25, 0.3) is 0 Å². The van der Waals surface area contributed by atoms with Crippen molar-refractivity contribution in [3.63, 3.8) is 0 Å². The van der Waals surface area contributed by atoms with Gasteiger partial charge in [-0.1, -0.05) is 0 Å². The van der Waals surface area contributed by atoms with Gasteiger partial charge in [-0.3, -0.25) is 0 Å². The highest BCUT2D eigenvalue weighted by Gasteiger charge is 2.18. The fourth-order valence-electron chi connectivity index (χ4n) is 1.03. The summed E-state index contributed by atoms with van der Waals surface area (Å²) in [7, 11) is 0. The molecule has 1 fully saturated rings. The zero-order chi connectivity index (χ0) is 5.98. The average Bonchev–Trinajstić information content (AvgIpc) is 2.14. The van der Waals surface area contributed by atoms with E-state index in [0.717, 1.165) is 13.0 Å². The van der Waals surface area contributed by atoms with E-state index in [1.54, 1.807) is 0 Å². The van der Waals surface area contributed by atoms with Crippen LogP contribution in [0, 0.1) is 0 Å². The summed E-state index contributed by atoms with van der Waals surface area (Å²) in [4.78, 5) is 0. The van der Waals surface area contributed by atoms with E-state index in [9.17, 15) is 0 Å². The molecule has 1 aliphatic heterocycles. The van der Waals surface area contributed by atoms with Crippen molar-refractivity contribution >= 4 is 0 Å². The summed E-state index contributed by atoms with van der Waals surface area (Å²) in [6.45, 7) is 1.65. The summed E-state index contributed by atoms with van der Waals surface area (Å²) in [6.07, 6.45) is 1.04. The van der Waals surface area contributed by atoms with Crippen LogP contribution in [0.1, 0.15) is 6.42 Å². The molecule has 0 aromatic carbocycles. The second-order valence-electron chi connectivity index (χ2n) is 2.34. The molecule has 0 saturated carbocycles. The monoisotopic (exact) mass is 115 g/mol. The van der Waals surface area contributed by atoms with Crippen LogP contribution >= 0.6 is 0 Å². The maximum atomic E-state index is 5.58. The molecule has 1 rings (SSSR count). The Balaban J connectivity index is 2.22. The Morgan fingerprint density at radius 1 is 1.62 bits per heavy atom. The number of nitrogens with two attached hydrogens (primary N) is 2. The zero-order valence-electron chi connectivity index (χ0n) is 4.93. The number of nitrogens with one attached hydrogen (secondary N) is 1. The Kier molecular flexibility index (Phi) is 1.83. The van der Waals surface area contributed by atoms with Gasteiger partial charge in [-0.25, -0.2) is 0 Å². The van der Waals surface area contributed by atoms with Crippen LogP contribution in [0.3, 0.4) is 0 Å². The lowest BCUT2D eigenvalue weighted by atomic mass is 10.2. The van der Waals surface area contributed by atoms with Crippen molar-refractivity contribution in [2.24, 2.45) is 11.5 Å². The van der Waals surface area contributed by atoms with E-state index in [1.807, 2.05) is 0 Å². The third-order valence-corrected chi connectivity index (χ3v) is 1.54. The zero-order valence-corrected chi connectivity index (χ0v) is 4.93. The third-order valence-electron chi connectivity index (χ3n) is 1.54. The van der Waals surface area contributed by atoms with Gasteiger partial charge in [0.1, 0.15) is 0 Å². The van der Waals surface area contributed by atoms with Gasteiger partial charge in [0.2, 0.25) is 0 Å². The molecular weight excluding hydrogens is 102 g/mol. The van der Waals surface area contributed by atoms with Gasteiger partial charge in [-0.2, -0.15) is 0 Å². The van der Waals surface area contributed by atoms with E-state index in [-0.39, 0.29) is 0 Å². The van der Waals surface area contributed by atoms with E-state index < -0.39 is 0 Å². The van der Waals surface area contributed by atoms with Crippen molar-refractivity contribution in [2.45, 2.75) is 18.5 Å². The third kappa shape index (κ3) is 1.18. The Hall–Kier alpha value is -0.120. The average molecular weight is 115 g/mol. The molecule has 0 aromatic heterocycles. The van der Waals surface area contributed by atoms with Gasteiger partial charge >= 0.3 is 0 Å². The first kappa shape index (κ1) is 6.01. The highest BCUT2D eigenvalue weighted by Crippen LogP contribution is 2.00. The summed E-state index contributed by atoms with van der Waals surface area (Å²) in [5, 5.41) is 3.21. The SMILES string of the molecule is NC[C@@H]1C[C@H](N)CN1. The van der Waals surface area contributed by atoms with Crippen molar-refractivity contribution in [1.29, 1.82) is 0 Å². The Labute approximate surface area is 49.4 Å². The fraction of sp³-hybridized carbons (Fsp3) is 1.00. The van der Waals surface area contributed by atoms with E-state index in [0.29, 0.717) is 18.6 Å². The molecule has 8 heavy (non-hydrogen) atoms. The molecular formula is C5H13N3. The molecule has 1 saturated heterocycles. The van der Waals surface area contributed by atoms with Crippen LogP contribution in [0.2, 0.25) is 0 Å². The molecule has 3 nitrogen and oxygen atoms in total. The summed E-state index contributed by atoms with van der Waals surface area (Å²) in [6, 6.07) is 0.813. The predicted molar refractivity (Wildman–Crippen MR) is 33.4 cm³/mol. The summed E-state index contributed by atoms with van der Waals surface area (Å²) >= 11 is 0. The lowest BCUT2D eigenvalue weighted by molar-refractivity contribution is 0.610. The standard InChI is InChI=1S/C5H13N3/c6-2-5-1-4(7)3-8-5/h4-5,8H,1-3,6-7H2/t4-,5-/m0/s1. The van der Waals surface area contributed by atoms with E-state index in [2.05, 4.69) is 5.32 Å². The minimum absolute atomic E-state index is 0.337. The molecule has 0 aromatic rings. The van der Waals surface area contributed by atoms with Crippen molar-refractivity contribution in [3.05, 3.63) is 0 Å². The molecule has 0 aliphatic carbocycles. The molecule has 0 unspecified atom stereocenters.